The van der Waals surface area contributed by atoms with Gasteiger partial charge in [-0.15, -0.1) is 0 Å². The molecular formula is C29H36BrN3O3. The highest BCUT2D eigenvalue weighted by molar-refractivity contribution is 9.10. The minimum Gasteiger partial charge on any atom is -0.383 e. The van der Waals surface area contributed by atoms with Crippen molar-refractivity contribution in [2.45, 2.75) is 39.8 Å². The summed E-state index contributed by atoms with van der Waals surface area (Å²) in [7, 11) is 1.60. The van der Waals surface area contributed by atoms with Gasteiger partial charge in [0.1, 0.15) is 6.54 Å². The van der Waals surface area contributed by atoms with Gasteiger partial charge in [0.25, 0.3) is 5.91 Å². The fraction of sp³-hybridized carbons (Fsp3) is 0.379. The molecule has 7 heteroatoms. The van der Waals surface area contributed by atoms with E-state index >= 15 is 0 Å². The molecule has 0 radical (unpaired) electrons. The van der Waals surface area contributed by atoms with E-state index < -0.39 is 0 Å². The SMILES string of the molecule is CCCCN(Cc1cccn1Cc1ccc(Br)cc1)C(=O)CN(CCOC)C(=O)c1ccc(C)cc1. The molecule has 192 valence electrons. The quantitative estimate of drug-likeness (QED) is 0.280. The zero-order chi connectivity index (χ0) is 25.9. The molecule has 0 aliphatic heterocycles. The first kappa shape index (κ1) is 27.7. The van der Waals surface area contributed by atoms with Gasteiger partial charge >= 0.3 is 0 Å². The van der Waals surface area contributed by atoms with Gasteiger partial charge < -0.3 is 19.1 Å². The Labute approximate surface area is 223 Å². The fourth-order valence-corrected chi connectivity index (χ4v) is 4.23. The van der Waals surface area contributed by atoms with Gasteiger partial charge in [0.2, 0.25) is 5.91 Å². The molecule has 2 amide bonds. The Kier molecular flexibility index (Phi) is 10.8. The molecule has 0 saturated heterocycles. The molecule has 3 rings (SSSR count). The Bertz CT molecular complexity index is 1110. The van der Waals surface area contributed by atoms with Crippen molar-refractivity contribution >= 4 is 27.7 Å². The molecule has 0 N–H and O–H groups in total. The molecule has 0 atom stereocenters. The lowest BCUT2D eigenvalue weighted by molar-refractivity contribution is -0.132. The maximum Gasteiger partial charge on any atom is 0.254 e. The number of ether oxygens (including phenoxy) is 1. The molecule has 0 saturated carbocycles. The number of unbranched alkanes of at least 4 members (excludes halogenated alkanes) is 1. The zero-order valence-electron chi connectivity index (χ0n) is 21.5. The summed E-state index contributed by atoms with van der Waals surface area (Å²) in [5.74, 6) is -0.217. The number of methoxy groups -OCH3 is 1. The Morgan fingerprint density at radius 1 is 0.972 bits per heavy atom. The van der Waals surface area contributed by atoms with Crippen molar-refractivity contribution in [3.63, 3.8) is 0 Å². The van der Waals surface area contributed by atoms with Crippen LogP contribution in [-0.4, -0.2) is 59.5 Å². The highest BCUT2D eigenvalue weighted by Crippen LogP contribution is 2.15. The van der Waals surface area contributed by atoms with E-state index in [0.29, 0.717) is 31.8 Å². The van der Waals surface area contributed by atoms with Crippen LogP contribution < -0.4 is 0 Å². The van der Waals surface area contributed by atoms with E-state index in [0.717, 1.165) is 35.1 Å². The summed E-state index contributed by atoms with van der Waals surface area (Å²) in [4.78, 5) is 30.2. The van der Waals surface area contributed by atoms with Crippen molar-refractivity contribution in [3.8, 4) is 0 Å². The Balaban J connectivity index is 1.75. The van der Waals surface area contributed by atoms with E-state index in [4.69, 9.17) is 4.74 Å². The molecule has 36 heavy (non-hydrogen) atoms. The van der Waals surface area contributed by atoms with Gasteiger partial charge in [0.05, 0.1) is 13.2 Å². The summed E-state index contributed by atoms with van der Waals surface area (Å²) < 4.78 is 8.45. The molecule has 6 nitrogen and oxygen atoms in total. The number of carbonyl (C=O) groups excluding carboxylic acids is 2. The van der Waals surface area contributed by atoms with E-state index in [-0.39, 0.29) is 18.4 Å². The van der Waals surface area contributed by atoms with Crippen LogP contribution in [0.25, 0.3) is 0 Å². The van der Waals surface area contributed by atoms with E-state index in [1.165, 1.54) is 5.56 Å². The van der Waals surface area contributed by atoms with Crippen LogP contribution in [0.3, 0.4) is 0 Å². The van der Waals surface area contributed by atoms with Gasteiger partial charge in [0, 0.05) is 48.7 Å². The Hall–Kier alpha value is -2.90. The molecule has 0 bridgehead atoms. The van der Waals surface area contributed by atoms with E-state index in [9.17, 15) is 9.59 Å². The number of benzene rings is 2. The predicted molar refractivity (Wildman–Crippen MR) is 147 cm³/mol. The third-order valence-corrected chi connectivity index (χ3v) is 6.68. The lowest BCUT2D eigenvalue weighted by Crippen LogP contribution is -2.44. The third-order valence-electron chi connectivity index (χ3n) is 6.15. The standard InChI is InChI=1S/C29H36BrN3O3/c1-4-5-16-32(21-27-7-6-17-31(27)20-24-10-14-26(30)15-11-24)28(34)22-33(18-19-36-3)29(35)25-12-8-23(2)9-13-25/h6-15,17H,4-5,16,18-22H2,1-3H3. The maximum atomic E-state index is 13.5. The van der Waals surface area contributed by atoms with Gasteiger partial charge in [0.15, 0.2) is 0 Å². The third kappa shape index (κ3) is 8.07. The lowest BCUT2D eigenvalue weighted by Gasteiger charge is -2.28. The molecule has 0 aliphatic carbocycles. The van der Waals surface area contributed by atoms with Gasteiger partial charge in [-0.1, -0.05) is 59.1 Å². The second-order valence-electron chi connectivity index (χ2n) is 9.01. The van der Waals surface area contributed by atoms with Crippen molar-refractivity contribution in [2.75, 3.05) is 33.4 Å². The average Bonchev–Trinajstić information content (AvgIpc) is 3.31. The smallest absolute Gasteiger partial charge is 0.254 e. The van der Waals surface area contributed by atoms with Gasteiger partial charge in [-0.3, -0.25) is 9.59 Å². The van der Waals surface area contributed by atoms with Gasteiger partial charge in [-0.2, -0.15) is 0 Å². The molecule has 0 fully saturated rings. The lowest BCUT2D eigenvalue weighted by atomic mass is 10.1. The summed E-state index contributed by atoms with van der Waals surface area (Å²) in [5.41, 5.74) is 3.92. The highest BCUT2D eigenvalue weighted by Gasteiger charge is 2.23. The molecule has 0 aliphatic rings. The summed E-state index contributed by atoms with van der Waals surface area (Å²) in [6.07, 6.45) is 3.94. The minimum absolute atomic E-state index is 0.0210. The highest BCUT2D eigenvalue weighted by atomic mass is 79.9. The topological polar surface area (TPSA) is 54.8 Å². The number of rotatable bonds is 13. The first-order valence-corrected chi connectivity index (χ1v) is 13.2. The number of aromatic nitrogens is 1. The zero-order valence-corrected chi connectivity index (χ0v) is 23.0. The number of halogens is 1. The first-order chi connectivity index (χ1) is 17.4. The number of aryl methyl sites for hydroxylation is 1. The second-order valence-corrected chi connectivity index (χ2v) is 9.92. The number of hydrogen-bond acceptors (Lipinski definition) is 3. The molecule has 0 spiro atoms. The maximum absolute atomic E-state index is 13.5. The van der Waals surface area contributed by atoms with Crippen LogP contribution in [-0.2, 0) is 22.6 Å². The molecule has 1 aromatic heterocycles. The number of amides is 2. The van der Waals surface area contributed by atoms with Crippen LogP contribution in [0.15, 0.2) is 71.3 Å². The predicted octanol–water partition coefficient (Wildman–Crippen LogP) is 5.52. The second kappa shape index (κ2) is 14.0. The normalized spacial score (nSPS) is 10.9. The molecule has 1 heterocycles. The van der Waals surface area contributed by atoms with Gasteiger partial charge in [-0.05, 0) is 55.3 Å². The van der Waals surface area contributed by atoms with Crippen LogP contribution in [0.1, 0.15) is 46.9 Å². The molecule has 2 aromatic carbocycles. The summed E-state index contributed by atoms with van der Waals surface area (Å²) in [6.45, 7) is 6.73. The Morgan fingerprint density at radius 3 is 2.36 bits per heavy atom. The largest absolute Gasteiger partial charge is 0.383 e. The van der Waals surface area contributed by atoms with Crippen LogP contribution in [0.5, 0.6) is 0 Å². The van der Waals surface area contributed by atoms with Crippen molar-refractivity contribution in [2.24, 2.45) is 0 Å². The average molecular weight is 555 g/mol. The van der Waals surface area contributed by atoms with Crippen molar-refractivity contribution in [1.82, 2.24) is 14.4 Å². The minimum atomic E-state index is -0.158. The van der Waals surface area contributed by atoms with Crippen molar-refractivity contribution in [3.05, 3.63) is 93.7 Å². The number of nitrogens with zero attached hydrogens (tertiary/aromatic N) is 3. The van der Waals surface area contributed by atoms with Crippen molar-refractivity contribution < 1.29 is 14.3 Å². The summed E-state index contributed by atoms with van der Waals surface area (Å²) >= 11 is 3.49. The van der Waals surface area contributed by atoms with E-state index in [1.807, 2.05) is 60.5 Å². The van der Waals surface area contributed by atoms with Gasteiger partial charge in [-0.25, -0.2) is 0 Å². The molecule has 0 unspecified atom stereocenters. The van der Waals surface area contributed by atoms with Crippen LogP contribution >= 0.6 is 15.9 Å². The Morgan fingerprint density at radius 2 is 1.69 bits per heavy atom. The fourth-order valence-electron chi connectivity index (χ4n) is 3.97. The molecular weight excluding hydrogens is 518 g/mol. The first-order valence-electron chi connectivity index (χ1n) is 12.4. The van der Waals surface area contributed by atoms with Crippen LogP contribution in [0.4, 0.5) is 0 Å². The van der Waals surface area contributed by atoms with E-state index in [2.05, 4.69) is 45.6 Å². The van der Waals surface area contributed by atoms with E-state index in [1.54, 1.807) is 12.0 Å². The van der Waals surface area contributed by atoms with Crippen LogP contribution in [0, 0.1) is 6.92 Å². The summed E-state index contributed by atoms with van der Waals surface area (Å²) in [5, 5.41) is 0. The molecule has 3 aromatic rings. The van der Waals surface area contributed by atoms with Crippen LogP contribution in [0.2, 0.25) is 0 Å². The summed E-state index contributed by atoms with van der Waals surface area (Å²) in [6, 6.07) is 19.8. The number of carbonyl (C=O) groups is 2. The number of hydrogen-bond donors (Lipinski definition) is 0. The monoisotopic (exact) mass is 553 g/mol. The van der Waals surface area contributed by atoms with Crippen molar-refractivity contribution in [1.29, 1.82) is 0 Å².